The molecule has 0 aliphatic rings. The summed E-state index contributed by atoms with van der Waals surface area (Å²) in [7, 11) is 0. The van der Waals surface area contributed by atoms with Crippen LogP contribution < -0.4 is 4.74 Å². The van der Waals surface area contributed by atoms with Gasteiger partial charge in [-0.25, -0.2) is 9.18 Å². The first-order valence-electron chi connectivity index (χ1n) is 4.23. The molecule has 1 aromatic heterocycles. The van der Waals surface area contributed by atoms with E-state index in [0.29, 0.717) is 0 Å². The minimum atomic E-state index is -1.02. The van der Waals surface area contributed by atoms with Crippen molar-refractivity contribution in [2.75, 3.05) is 13.3 Å². The number of aryl methyl sites for hydroxylation is 1. The Labute approximate surface area is 85.1 Å². The number of aromatic carboxylic acids is 1. The van der Waals surface area contributed by atoms with Gasteiger partial charge in [0.1, 0.15) is 19.0 Å². The number of carboxylic acids is 1. The first-order valence-corrected chi connectivity index (χ1v) is 5.05. The molecule has 1 heterocycles. The Bertz CT molecular complexity index is 322. The molecule has 78 valence electrons. The molecule has 0 unspecified atom stereocenters. The lowest BCUT2D eigenvalue weighted by molar-refractivity contribution is 0.0697. The number of alkyl halides is 1. The van der Waals surface area contributed by atoms with E-state index in [-0.39, 0.29) is 17.2 Å². The van der Waals surface area contributed by atoms with Crippen molar-refractivity contribution in [3.63, 3.8) is 0 Å². The molecule has 3 nitrogen and oxygen atoms in total. The lowest BCUT2D eigenvalue weighted by Gasteiger charge is -2.00. The second-order valence-corrected chi connectivity index (χ2v) is 3.74. The molecule has 0 atom stereocenters. The van der Waals surface area contributed by atoms with E-state index in [4.69, 9.17) is 9.84 Å². The van der Waals surface area contributed by atoms with Gasteiger partial charge in [-0.2, -0.15) is 0 Å². The molecule has 0 fully saturated rings. The Morgan fingerprint density at radius 1 is 1.71 bits per heavy atom. The highest BCUT2D eigenvalue weighted by molar-refractivity contribution is 7.14. The van der Waals surface area contributed by atoms with Crippen LogP contribution in [0, 0.1) is 0 Å². The van der Waals surface area contributed by atoms with Crippen LogP contribution in [0.3, 0.4) is 0 Å². The molecule has 0 aliphatic carbocycles. The minimum absolute atomic E-state index is 0.0971. The third kappa shape index (κ3) is 2.45. The van der Waals surface area contributed by atoms with Gasteiger partial charge in [-0.05, 0) is 12.5 Å². The predicted molar refractivity (Wildman–Crippen MR) is 52.1 cm³/mol. The maximum Gasteiger partial charge on any atom is 0.349 e. The van der Waals surface area contributed by atoms with Crippen molar-refractivity contribution in [3.05, 3.63) is 15.8 Å². The first-order chi connectivity index (χ1) is 6.69. The number of rotatable bonds is 5. The number of hydrogen-bond donors (Lipinski definition) is 1. The fraction of sp³-hybridized carbons (Fsp3) is 0.444. The minimum Gasteiger partial charge on any atom is -0.489 e. The number of carboxylic acid groups (broad SMARTS) is 1. The molecule has 14 heavy (non-hydrogen) atoms. The summed E-state index contributed by atoms with van der Waals surface area (Å²) in [6.07, 6.45) is 0.754. The van der Waals surface area contributed by atoms with Gasteiger partial charge >= 0.3 is 5.97 Å². The summed E-state index contributed by atoms with van der Waals surface area (Å²) in [4.78, 5) is 11.8. The molecular weight excluding hydrogens is 207 g/mol. The molecule has 1 aromatic rings. The normalized spacial score (nSPS) is 10.1. The third-order valence-corrected chi connectivity index (χ3v) is 2.88. The van der Waals surface area contributed by atoms with E-state index >= 15 is 0 Å². The summed E-state index contributed by atoms with van der Waals surface area (Å²) >= 11 is 1.17. The van der Waals surface area contributed by atoms with E-state index in [1.807, 2.05) is 6.92 Å². The van der Waals surface area contributed by atoms with Gasteiger partial charge in [-0.1, -0.05) is 6.92 Å². The Kier molecular flexibility index (Phi) is 3.88. The highest BCUT2D eigenvalue weighted by Gasteiger charge is 2.15. The zero-order valence-electron chi connectivity index (χ0n) is 7.75. The summed E-state index contributed by atoms with van der Waals surface area (Å²) in [5.74, 6) is -0.749. The van der Waals surface area contributed by atoms with Crippen molar-refractivity contribution in [3.8, 4) is 5.75 Å². The highest BCUT2D eigenvalue weighted by atomic mass is 32.1. The van der Waals surface area contributed by atoms with E-state index in [0.717, 1.165) is 11.3 Å². The van der Waals surface area contributed by atoms with E-state index in [9.17, 15) is 9.18 Å². The number of hydrogen-bond acceptors (Lipinski definition) is 3. The van der Waals surface area contributed by atoms with Crippen LogP contribution >= 0.6 is 11.3 Å². The standard InChI is InChI=1S/C9H11FO3S/c1-2-6-5-7(13-4-3-10)8(14-6)9(11)12/h5H,2-4H2,1H3,(H,11,12). The van der Waals surface area contributed by atoms with Crippen LogP contribution in [-0.4, -0.2) is 24.4 Å². The largest absolute Gasteiger partial charge is 0.489 e. The summed E-state index contributed by atoms with van der Waals surface area (Å²) < 4.78 is 16.8. The fourth-order valence-electron chi connectivity index (χ4n) is 1.00. The monoisotopic (exact) mass is 218 g/mol. The average molecular weight is 218 g/mol. The fourth-order valence-corrected chi connectivity index (χ4v) is 1.88. The molecule has 0 bridgehead atoms. The molecule has 1 N–H and O–H groups in total. The Hall–Kier alpha value is -1.10. The van der Waals surface area contributed by atoms with Crippen molar-refractivity contribution in [2.24, 2.45) is 0 Å². The molecule has 0 amide bonds. The molecule has 0 saturated heterocycles. The number of halogens is 1. The highest BCUT2D eigenvalue weighted by Crippen LogP contribution is 2.29. The Balaban J connectivity index is 2.88. The average Bonchev–Trinajstić information content (AvgIpc) is 2.58. The molecule has 0 spiro atoms. The van der Waals surface area contributed by atoms with Crippen molar-refractivity contribution in [1.82, 2.24) is 0 Å². The van der Waals surface area contributed by atoms with Crippen LogP contribution in [-0.2, 0) is 6.42 Å². The molecular formula is C9H11FO3S. The summed E-state index contributed by atoms with van der Waals surface area (Å²) in [6.45, 7) is 1.22. The number of ether oxygens (including phenoxy) is 1. The maximum atomic E-state index is 11.8. The van der Waals surface area contributed by atoms with Crippen molar-refractivity contribution in [2.45, 2.75) is 13.3 Å². The molecule has 0 aliphatic heterocycles. The van der Waals surface area contributed by atoms with E-state index in [2.05, 4.69) is 0 Å². The Morgan fingerprint density at radius 3 is 2.93 bits per heavy atom. The van der Waals surface area contributed by atoms with Gasteiger partial charge in [0.2, 0.25) is 0 Å². The van der Waals surface area contributed by atoms with Crippen LogP contribution in [0.15, 0.2) is 6.07 Å². The zero-order chi connectivity index (χ0) is 10.6. The molecule has 0 radical (unpaired) electrons. The van der Waals surface area contributed by atoms with E-state index in [1.54, 1.807) is 6.07 Å². The summed E-state index contributed by atoms with van der Waals surface area (Å²) in [5.41, 5.74) is 0. The summed E-state index contributed by atoms with van der Waals surface area (Å²) in [6, 6.07) is 1.66. The van der Waals surface area contributed by atoms with Crippen LogP contribution in [0.2, 0.25) is 0 Å². The smallest absolute Gasteiger partial charge is 0.349 e. The SMILES string of the molecule is CCc1cc(OCCF)c(C(=O)O)s1. The molecule has 0 saturated carbocycles. The molecule has 5 heteroatoms. The second kappa shape index (κ2) is 4.95. The van der Waals surface area contributed by atoms with Crippen LogP contribution in [0.25, 0.3) is 0 Å². The van der Waals surface area contributed by atoms with E-state index in [1.165, 1.54) is 11.3 Å². The zero-order valence-corrected chi connectivity index (χ0v) is 8.57. The number of thiophene rings is 1. The molecule has 1 rings (SSSR count). The van der Waals surface area contributed by atoms with Gasteiger partial charge in [-0.3, -0.25) is 0 Å². The molecule has 0 aromatic carbocycles. The van der Waals surface area contributed by atoms with Crippen LogP contribution in [0.5, 0.6) is 5.75 Å². The van der Waals surface area contributed by atoms with Gasteiger partial charge in [0, 0.05) is 4.88 Å². The van der Waals surface area contributed by atoms with Gasteiger partial charge < -0.3 is 9.84 Å². The predicted octanol–water partition coefficient (Wildman–Crippen LogP) is 2.36. The van der Waals surface area contributed by atoms with Crippen LogP contribution in [0.4, 0.5) is 4.39 Å². The van der Waals surface area contributed by atoms with E-state index < -0.39 is 12.6 Å². The summed E-state index contributed by atoms with van der Waals surface area (Å²) in [5, 5.41) is 8.81. The van der Waals surface area contributed by atoms with Gasteiger partial charge in [0.25, 0.3) is 0 Å². The lowest BCUT2D eigenvalue weighted by Crippen LogP contribution is -2.02. The maximum absolute atomic E-state index is 11.8. The van der Waals surface area contributed by atoms with Gasteiger partial charge in [0.05, 0.1) is 0 Å². The van der Waals surface area contributed by atoms with Crippen molar-refractivity contribution >= 4 is 17.3 Å². The lowest BCUT2D eigenvalue weighted by atomic mass is 10.3. The second-order valence-electron chi connectivity index (χ2n) is 2.60. The number of carbonyl (C=O) groups is 1. The first kappa shape index (κ1) is 11.0. The van der Waals surface area contributed by atoms with Crippen molar-refractivity contribution in [1.29, 1.82) is 0 Å². The van der Waals surface area contributed by atoms with Gasteiger partial charge in [-0.15, -0.1) is 11.3 Å². The van der Waals surface area contributed by atoms with Gasteiger partial charge in [0.15, 0.2) is 4.88 Å². The van der Waals surface area contributed by atoms with Crippen LogP contribution in [0.1, 0.15) is 21.5 Å². The van der Waals surface area contributed by atoms with Crippen molar-refractivity contribution < 1.29 is 19.0 Å². The third-order valence-electron chi connectivity index (χ3n) is 1.63. The quantitative estimate of drug-likeness (QED) is 0.825. The topological polar surface area (TPSA) is 46.5 Å². The Morgan fingerprint density at radius 2 is 2.43 bits per heavy atom.